The fourth-order valence-electron chi connectivity index (χ4n) is 3.77. The number of amides is 1. The summed E-state index contributed by atoms with van der Waals surface area (Å²) in [6.45, 7) is 0.874. The summed E-state index contributed by atoms with van der Waals surface area (Å²) in [5, 5.41) is 0. The Bertz CT molecular complexity index is 519. The first-order chi connectivity index (χ1) is 10.2. The van der Waals surface area contributed by atoms with E-state index < -0.39 is 0 Å². The number of likely N-dealkylation sites (tertiary alicyclic amines) is 1. The molecule has 114 valence electrons. The second-order valence-electron chi connectivity index (χ2n) is 6.30. The molecule has 1 amide bonds. The maximum atomic E-state index is 12.9. The van der Waals surface area contributed by atoms with Crippen molar-refractivity contribution in [3.63, 3.8) is 0 Å². The third kappa shape index (κ3) is 3.16. The van der Waals surface area contributed by atoms with Crippen molar-refractivity contribution in [2.24, 2.45) is 11.7 Å². The lowest BCUT2D eigenvalue weighted by Gasteiger charge is -2.34. The zero-order valence-corrected chi connectivity index (χ0v) is 13.9. The van der Waals surface area contributed by atoms with E-state index in [-0.39, 0.29) is 23.9 Å². The van der Waals surface area contributed by atoms with Crippen molar-refractivity contribution in [3.8, 4) is 0 Å². The van der Waals surface area contributed by atoms with Crippen molar-refractivity contribution in [3.05, 3.63) is 34.3 Å². The van der Waals surface area contributed by atoms with Crippen LogP contribution in [0.25, 0.3) is 0 Å². The van der Waals surface area contributed by atoms with Gasteiger partial charge >= 0.3 is 0 Å². The van der Waals surface area contributed by atoms with Gasteiger partial charge in [-0.15, -0.1) is 0 Å². The molecule has 3 atom stereocenters. The van der Waals surface area contributed by atoms with Crippen molar-refractivity contribution in [1.82, 2.24) is 4.90 Å². The molecule has 4 heteroatoms. The summed E-state index contributed by atoms with van der Waals surface area (Å²) in [7, 11) is 0. The van der Waals surface area contributed by atoms with Crippen LogP contribution in [0.3, 0.4) is 0 Å². The molecule has 2 N–H and O–H groups in total. The Labute approximate surface area is 135 Å². The van der Waals surface area contributed by atoms with Crippen molar-refractivity contribution in [2.45, 2.75) is 50.6 Å². The van der Waals surface area contributed by atoms with Crippen LogP contribution < -0.4 is 5.73 Å². The fourth-order valence-corrected chi connectivity index (χ4v) is 4.19. The normalized spacial score (nSPS) is 29.6. The zero-order valence-electron chi connectivity index (χ0n) is 12.3. The van der Waals surface area contributed by atoms with E-state index in [2.05, 4.69) is 33.0 Å². The maximum absolute atomic E-state index is 12.9. The third-order valence-electron chi connectivity index (χ3n) is 4.91. The van der Waals surface area contributed by atoms with Crippen LogP contribution in [-0.4, -0.2) is 23.4 Å². The molecule has 3 rings (SSSR count). The van der Waals surface area contributed by atoms with Crippen molar-refractivity contribution < 1.29 is 4.79 Å². The smallest absolute Gasteiger partial charge is 0.227 e. The minimum atomic E-state index is 0.0338. The molecule has 1 heterocycles. The Morgan fingerprint density at radius 2 is 2.00 bits per heavy atom. The van der Waals surface area contributed by atoms with Gasteiger partial charge in [-0.1, -0.05) is 40.9 Å². The Morgan fingerprint density at radius 3 is 2.76 bits per heavy atom. The second-order valence-corrected chi connectivity index (χ2v) is 7.22. The molecular formula is C17H23BrN2O. The van der Waals surface area contributed by atoms with Crippen LogP contribution in [0.5, 0.6) is 0 Å². The first kappa shape index (κ1) is 15.0. The molecule has 1 aromatic rings. The number of nitrogens with zero attached hydrogens (tertiary/aromatic N) is 1. The maximum Gasteiger partial charge on any atom is 0.227 e. The Morgan fingerprint density at radius 1 is 1.19 bits per heavy atom. The summed E-state index contributed by atoms with van der Waals surface area (Å²) in [6, 6.07) is 8.62. The van der Waals surface area contributed by atoms with E-state index in [4.69, 9.17) is 5.73 Å². The number of hydrogen-bond donors (Lipinski definition) is 1. The molecule has 1 aromatic carbocycles. The van der Waals surface area contributed by atoms with Gasteiger partial charge in [-0.05, 0) is 43.4 Å². The standard InChI is InChI=1S/C17H23BrN2O/c18-13-6-3-5-12(11-13)16-9-4-10-20(16)17(21)14-7-1-2-8-15(14)19/h3,5-6,11,14-16H,1-2,4,7-10,19H2. The van der Waals surface area contributed by atoms with Gasteiger partial charge in [-0.3, -0.25) is 4.79 Å². The molecule has 2 aliphatic rings. The van der Waals surface area contributed by atoms with Crippen LogP contribution in [0.2, 0.25) is 0 Å². The topological polar surface area (TPSA) is 46.3 Å². The Kier molecular flexibility index (Phi) is 4.65. The first-order valence-electron chi connectivity index (χ1n) is 7.98. The highest BCUT2D eigenvalue weighted by atomic mass is 79.9. The molecule has 21 heavy (non-hydrogen) atoms. The second kappa shape index (κ2) is 6.49. The summed E-state index contributed by atoms with van der Waals surface area (Å²) in [5.74, 6) is 0.316. The lowest BCUT2D eigenvalue weighted by Crippen LogP contribution is -2.45. The zero-order chi connectivity index (χ0) is 14.8. The van der Waals surface area contributed by atoms with Gasteiger partial charge in [0.2, 0.25) is 5.91 Å². The Balaban J connectivity index is 1.78. The van der Waals surface area contributed by atoms with Gasteiger partial charge in [0.25, 0.3) is 0 Å². The van der Waals surface area contributed by atoms with Gasteiger partial charge < -0.3 is 10.6 Å². The highest BCUT2D eigenvalue weighted by molar-refractivity contribution is 9.10. The average molecular weight is 351 g/mol. The first-order valence-corrected chi connectivity index (χ1v) is 8.77. The van der Waals surface area contributed by atoms with E-state index in [1.165, 1.54) is 12.0 Å². The monoisotopic (exact) mass is 350 g/mol. The number of rotatable bonds is 2. The quantitative estimate of drug-likeness (QED) is 0.884. The summed E-state index contributed by atoms with van der Waals surface area (Å²) in [4.78, 5) is 15.0. The molecule has 1 saturated heterocycles. The number of carbonyl (C=O) groups excluding carboxylic acids is 1. The van der Waals surface area contributed by atoms with Crippen LogP contribution in [0.15, 0.2) is 28.7 Å². The molecule has 3 nitrogen and oxygen atoms in total. The lowest BCUT2D eigenvalue weighted by atomic mass is 9.84. The predicted octanol–water partition coefficient (Wildman–Crippen LogP) is 3.63. The number of carbonyl (C=O) groups is 1. The fraction of sp³-hybridized carbons (Fsp3) is 0.588. The minimum absolute atomic E-state index is 0.0338. The van der Waals surface area contributed by atoms with Gasteiger partial charge in [0, 0.05) is 17.1 Å². The molecule has 1 aliphatic carbocycles. The summed E-state index contributed by atoms with van der Waals surface area (Å²) in [6.07, 6.45) is 6.40. The van der Waals surface area contributed by atoms with Crippen molar-refractivity contribution in [1.29, 1.82) is 0 Å². The Hall–Kier alpha value is -0.870. The number of nitrogens with two attached hydrogens (primary N) is 1. The minimum Gasteiger partial charge on any atom is -0.335 e. The summed E-state index contributed by atoms with van der Waals surface area (Å²) < 4.78 is 1.08. The van der Waals surface area contributed by atoms with Gasteiger partial charge in [0.1, 0.15) is 0 Å². The molecule has 2 fully saturated rings. The van der Waals surface area contributed by atoms with Crippen molar-refractivity contribution >= 4 is 21.8 Å². The van der Waals surface area contributed by atoms with Gasteiger partial charge in [0.15, 0.2) is 0 Å². The van der Waals surface area contributed by atoms with E-state index in [9.17, 15) is 4.79 Å². The molecule has 0 radical (unpaired) electrons. The van der Waals surface area contributed by atoms with Gasteiger partial charge in [-0.2, -0.15) is 0 Å². The molecule has 1 aliphatic heterocycles. The predicted molar refractivity (Wildman–Crippen MR) is 87.8 cm³/mol. The number of hydrogen-bond acceptors (Lipinski definition) is 2. The molecule has 1 saturated carbocycles. The van der Waals surface area contributed by atoms with E-state index in [0.29, 0.717) is 0 Å². The largest absolute Gasteiger partial charge is 0.335 e. The van der Waals surface area contributed by atoms with Crippen LogP contribution in [-0.2, 0) is 4.79 Å². The highest BCUT2D eigenvalue weighted by Gasteiger charge is 2.37. The van der Waals surface area contributed by atoms with Gasteiger partial charge in [0.05, 0.1) is 12.0 Å². The summed E-state index contributed by atoms with van der Waals surface area (Å²) in [5.41, 5.74) is 7.44. The number of halogens is 1. The third-order valence-corrected chi connectivity index (χ3v) is 5.40. The van der Waals surface area contributed by atoms with Crippen LogP contribution in [0, 0.1) is 5.92 Å². The molecule has 0 aromatic heterocycles. The average Bonchev–Trinajstić information content (AvgIpc) is 2.96. The van der Waals surface area contributed by atoms with Gasteiger partial charge in [-0.25, -0.2) is 0 Å². The van der Waals surface area contributed by atoms with E-state index in [1.807, 2.05) is 12.1 Å². The number of benzene rings is 1. The highest BCUT2D eigenvalue weighted by Crippen LogP contribution is 2.36. The van der Waals surface area contributed by atoms with E-state index in [1.54, 1.807) is 0 Å². The SMILES string of the molecule is NC1CCCCC1C(=O)N1CCCC1c1cccc(Br)c1. The molecule has 3 unspecified atom stereocenters. The molecule has 0 spiro atoms. The molecular weight excluding hydrogens is 328 g/mol. The summed E-state index contributed by atoms with van der Waals surface area (Å²) >= 11 is 3.53. The van der Waals surface area contributed by atoms with E-state index >= 15 is 0 Å². The van der Waals surface area contributed by atoms with Crippen LogP contribution in [0.1, 0.15) is 50.1 Å². The lowest BCUT2D eigenvalue weighted by molar-refractivity contribution is -0.138. The van der Waals surface area contributed by atoms with Crippen LogP contribution >= 0.6 is 15.9 Å². The van der Waals surface area contributed by atoms with Crippen LogP contribution in [0.4, 0.5) is 0 Å². The van der Waals surface area contributed by atoms with Crippen molar-refractivity contribution in [2.75, 3.05) is 6.54 Å². The molecule has 0 bridgehead atoms. The van der Waals surface area contributed by atoms with E-state index in [0.717, 1.165) is 43.1 Å².